The molecule has 1 fully saturated rings. The monoisotopic (exact) mass is 127 g/mol. The molecule has 0 saturated heterocycles. The Morgan fingerprint density at radius 2 is 2.44 bits per heavy atom. The number of rotatable bonds is 2. The molecule has 0 aromatic carbocycles. The summed E-state index contributed by atoms with van der Waals surface area (Å²) in [7, 11) is 0. The number of carbonyl (C=O) groups is 1. The van der Waals surface area contributed by atoms with Crippen molar-refractivity contribution in [1.29, 1.82) is 0 Å². The minimum Gasteiger partial charge on any atom is -0.466 e. The number of carbonyl (C=O) groups excluding carboxylic acids is 1. The van der Waals surface area contributed by atoms with Gasteiger partial charge >= 0.3 is 5.97 Å². The molecular formula is C7H11O2. The van der Waals surface area contributed by atoms with Gasteiger partial charge in [0.15, 0.2) is 0 Å². The number of esters is 1. The molecule has 0 bridgehead atoms. The highest BCUT2D eigenvalue weighted by atomic mass is 16.5. The fourth-order valence-electron chi connectivity index (χ4n) is 0.616. The van der Waals surface area contributed by atoms with Crippen molar-refractivity contribution in [3.8, 4) is 0 Å². The minimum atomic E-state index is -0.226. The van der Waals surface area contributed by atoms with Crippen LogP contribution in [0.2, 0.25) is 0 Å². The van der Waals surface area contributed by atoms with Gasteiger partial charge < -0.3 is 4.74 Å². The van der Waals surface area contributed by atoms with Crippen LogP contribution in [-0.2, 0) is 9.53 Å². The van der Waals surface area contributed by atoms with Crippen LogP contribution in [0.1, 0.15) is 20.3 Å². The number of hydrogen-bond acceptors (Lipinski definition) is 2. The van der Waals surface area contributed by atoms with Gasteiger partial charge in [0.05, 0.1) is 12.0 Å². The first-order valence-electron chi connectivity index (χ1n) is 3.20. The third-order valence-electron chi connectivity index (χ3n) is 1.56. The Morgan fingerprint density at radius 1 is 1.89 bits per heavy atom. The Kier molecular flexibility index (Phi) is 1.47. The molecular weight excluding hydrogens is 116 g/mol. The van der Waals surface area contributed by atoms with Crippen LogP contribution < -0.4 is 0 Å². The van der Waals surface area contributed by atoms with Gasteiger partial charge in [-0.15, -0.1) is 0 Å². The van der Waals surface area contributed by atoms with Crippen LogP contribution in [0.15, 0.2) is 0 Å². The Balaban J connectivity index is 2.34. The predicted octanol–water partition coefficient (Wildman–Crippen LogP) is 1.16. The first kappa shape index (κ1) is 6.59. The summed E-state index contributed by atoms with van der Waals surface area (Å²) >= 11 is 0. The normalized spacial score (nSPS) is 21.1. The molecule has 0 amide bonds. The van der Waals surface area contributed by atoms with E-state index in [1.165, 1.54) is 0 Å². The van der Waals surface area contributed by atoms with Gasteiger partial charge in [-0.1, -0.05) is 0 Å². The van der Waals surface area contributed by atoms with Gasteiger partial charge in [-0.3, -0.25) is 4.79 Å². The molecule has 1 saturated carbocycles. The van der Waals surface area contributed by atoms with Crippen molar-refractivity contribution in [2.75, 3.05) is 6.61 Å². The van der Waals surface area contributed by atoms with Crippen molar-refractivity contribution in [3.05, 3.63) is 6.42 Å². The summed E-state index contributed by atoms with van der Waals surface area (Å²) in [5.74, 6) is -0.0787. The standard InChI is InChI=1S/C7H11O2/c1-3-9-6(8)7(2)4-5-7/h4H,3,5H2,1-2H3. The first-order chi connectivity index (χ1) is 4.19. The first-order valence-corrected chi connectivity index (χ1v) is 3.20. The topological polar surface area (TPSA) is 26.3 Å². The zero-order chi connectivity index (χ0) is 6.91. The summed E-state index contributed by atoms with van der Waals surface area (Å²) in [6.07, 6.45) is 2.84. The zero-order valence-electron chi connectivity index (χ0n) is 5.81. The molecule has 1 radical (unpaired) electrons. The van der Waals surface area contributed by atoms with E-state index in [9.17, 15) is 4.79 Å². The lowest BCUT2D eigenvalue weighted by Crippen LogP contribution is -2.15. The Morgan fingerprint density at radius 3 is 2.78 bits per heavy atom. The number of ether oxygens (including phenoxy) is 1. The second-order valence-corrected chi connectivity index (χ2v) is 2.55. The minimum absolute atomic E-state index is 0.0787. The summed E-state index contributed by atoms with van der Waals surface area (Å²) in [5.41, 5.74) is -0.226. The molecule has 1 rings (SSSR count). The van der Waals surface area contributed by atoms with Crippen molar-refractivity contribution >= 4 is 5.97 Å². The Labute approximate surface area is 55.2 Å². The molecule has 1 aliphatic carbocycles. The molecule has 2 heteroatoms. The Bertz CT molecular complexity index is 125. The third kappa shape index (κ3) is 1.23. The van der Waals surface area contributed by atoms with Crippen LogP contribution in [-0.4, -0.2) is 12.6 Å². The summed E-state index contributed by atoms with van der Waals surface area (Å²) in [4.78, 5) is 10.9. The van der Waals surface area contributed by atoms with E-state index in [4.69, 9.17) is 4.74 Å². The average molecular weight is 127 g/mol. The van der Waals surface area contributed by atoms with E-state index in [2.05, 4.69) is 0 Å². The highest BCUT2D eigenvalue weighted by molar-refractivity contribution is 5.82. The van der Waals surface area contributed by atoms with Crippen molar-refractivity contribution < 1.29 is 9.53 Å². The molecule has 1 atom stereocenters. The largest absolute Gasteiger partial charge is 0.466 e. The molecule has 1 aliphatic rings. The summed E-state index contributed by atoms with van der Waals surface area (Å²) in [6.45, 7) is 4.21. The van der Waals surface area contributed by atoms with E-state index in [0.29, 0.717) is 6.61 Å². The predicted molar refractivity (Wildman–Crippen MR) is 33.7 cm³/mol. The molecule has 0 aliphatic heterocycles. The fraction of sp³-hybridized carbons (Fsp3) is 0.714. The molecule has 2 nitrogen and oxygen atoms in total. The van der Waals surface area contributed by atoms with Gasteiger partial charge in [-0.05, 0) is 26.7 Å². The van der Waals surface area contributed by atoms with E-state index in [1.807, 2.05) is 20.3 Å². The van der Waals surface area contributed by atoms with E-state index in [1.54, 1.807) is 0 Å². The van der Waals surface area contributed by atoms with Crippen LogP contribution in [0.4, 0.5) is 0 Å². The summed E-state index contributed by atoms with van der Waals surface area (Å²) in [6, 6.07) is 0. The maximum atomic E-state index is 10.9. The van der Waals surface area contributed by atoms with Crippen molar-refractivity contribution in [2.24, 2.45) is 5.41 Å². The van der Waals surface area contributed by atoms with Gasteiger partial charge in [-0.25, -0.2) is 0 Å². The third-order valence-corrected chi connectivity index (χ3v) is 1.56. The SMILES string of the molecule is CCOC(=O)C1(C)[CH]C1. The lowest BCUT2D eigenvalue weighted by atomic mass is 10.1. The van der Waals surface area contributed by atoms with Gasteiger partial charge in [0.1, 0.15) is 0 Å². The molecule has 0 aromatic rings. The smallest absolute Gasteiger partial charge is 0.312 e. The molecule has 0 heterocycles. The number of hydrogen-bond donors (Lipinski definition) is 0. The fourth-order valence-corrected chi connectivity index (χ4v) is 0.616. The van der Waals surface area contributed by atoms with E-state index in [-0.39, 0.29) is 11.4 Å². The van der Waals surface area contributed by atoms with Crippen LogP contribution in [0, 0.1) is 11.8 Å². The van der Waals surface area contributed by atoms with Gasteiger partial charge in [0, 0.05) is 0 Å². The van der Waals surface area contributed by atoms with Crippen LogP contribution in [0.3, 0.4) is 0 Å². The maximum Gasteiger partial charge on any atom is 0.312 e. The van der Waals surface area contributed by atoms with Gasteiger partial charge in [0.25, 0.3) is 0 Å². The molecule has 9 heavy (non-hydrogen) atoms. The summed E-state index contributed by atoms with van der Waals surface area (Å²) < 4.78 is 4.80. The Hall–Kier alpha value is -0.530. The van der Waals surface area contributed by atoms with Crippen molar-refractivity contribution in [1.82, 2.24) is 0 Å². The molecule has 51 valence electrons. The molecule has 0 aromatic heterocycles. The summed E-state index contributed by atoms with van der Waals surface area (Å²) in [5, 5.41) is 0. The van der Waals surface area contributed by atoms with Crippen molar-refractivity contribution in [3.63, 3.8) is 0 Å². The van der Waals surface area contributed by atoms with Crippen LogP contribution in [0.5, 0.6) is 0 Å². The van der Waals surface area contributed by atoms with Crippen LogP contribution >= 0.6 is 0 Å². The molecule has 0 spiro atoms. The highest BCUT2D eigenvalue weighted by Gasteiger charge is 2.46. The van der Waals surface area contributed by atoms with Crippen molar-refractivity contribution in [2.45, 2.75) is 20.3 Å². The van der Waals surface area contributed by atoms with Crippen LogP contribution in [0.25, 0.3) is 0 Å². The van der Waals surface area contributed by atoms with E-state index in [0.717, 1.165) is 6.42 Å². The van der Waals surface area contributed by atoms with E-state index >= 15 is 0 Å². The lowest BCUT2D eigenvalue weighted by molar-refractivity contribution is -0.148. The molecule has 1 unspecified atom stereocenters. The zero-order valence-corrected chi connectivity index (χ0v) is 5.81. The van der Waals surface area contributed by atoms with Gasteiger partial charge in [0.2, 0.25) is 0 Å². The second-order valence-electron chi connectivity index (χ2n) is 2.55. The second kappa shape index (κ2) is 2.01. The van der Waals surface area contributed by atoms with E-state index < -0.39 is 0 Å². The average Bonchev–Trinajstić information content (AvgIpc) is 2.50. The highest BCUT2D eigenvalue weighted by Crippen LogP contribution is 2.44. The van der Waals surface area contributed by atoms with Gasteiger partial charge in [-0.2, -0.15) is 0 Å². The maximum absolute atomic E-state index is 10.9. The quantitative estimate of drug-likeness (QED) is 0.520. The lowest BCUT2D eigenvalue weighted by Gasteiger charge is -2.05. The molecule has 0 N–H and O–H groups in total.